The van der Waals surface area contributed by atoms with Gasteiger partial charge < -0.3 is 19.5 Å². The van der Waals surface area contributed by atoms with Crippen molar-refractivity contribution >= 4 is 17.4 Å². The van der Waals surface area contributed by atoms with Gasteiger partial charge in [-0.3, -0.25) is 19.5 Å². The van der Waals surface area contributed by atoms with Gasteiger partial charge in [0.05, 0.1) is 31.4 Å². The number of aliphatic hydroxyl groups excluding tert-OH is 1. The summed E-state index contributed by atoms with van der Waals surface area (Å²) >= 11 is 0. The van der Waals surface area contributed by atoms with E-state index in [0.717, 1.165) is 31.5 Å². The van der Waals surface area contributed by atoms with Crippen molar-refractivity contribution in [1.29, 1.82) is 0 Å². The molecule has 8 nitrogen and oxygen atoms in total. The van der Waals surface area contributed by atoms with Crippen LogP contribution in [0.3, 0.4) is 0 Å². The highest BCUT2D eigenvalue weighted by atomic mass is 16.5. The van der Waals surface area contributed by atoms with Crippen molar-refractivity contribution in [2.24, 2.45) is 0 Å². The molecule has 180 valence electrons. The molecule has 8 heteroatoms. The van der Waals surface area contributed by atoms with Gasteiger partial charge in [0.2, 0.25) is 0 Å². The molecule has 1 aromatic carbocycles. The predicted octanol–water partition coefficient (Wildman–Crippen LogP) is 3.01. The molecule has 0 spiro atoms. The number of likely N-dealkylation sites (tertiary alicyclic amines) is 1. The second kappa shape index (κ2) is 11.3. The number of aliphatic hydroxyl groups is 1. The summed E-state index contributed by atoms with van der Waals surface area (Å²) in [6.45, 7) is 6.55. The van der Waals surface area contributed by atoms with Gasteiger partial charge in [-0.2, -0.15) is 0 Å². The molecule has 2 aliphatic rings. The second-order valence-electron chi connectivity index (χ2n) is 8.46. The number of ketones is 1. The first-order chi connectivity index (χ1) is 16.6. The molecule has 2 saturated heterocycles. The lowest BCUT2D eigenvalue weighted by molar-refractivity contribution is -0.140. The van der Waals surface area contributed by atoms with E-state index in [9.17, 15) is 14.7 Å². The van der Waals surface area contributed by atoms with Crippen molar-refractivity contribution in [2.45, 2.75) is 25.8 Å². The summed E-state index contributed by atoms with van der Waals surface area (Å²) in [5.74, 6) is -0.810. The number of benzene rings is 1. The zero-order valence-electron chi connectivity index (χ0n) is 19.5. The smallest absolute Gasteiger partial charge is 0.295 e. The highest BCUT2D eigenvalue weighted by molar-refractivity contribution is 6.46. The number of unbranched alkanes of at least 4 members (excludes halogenated alkanes) is 1. The van der Waals surface area contributed by atoms with Crippen LogP contribution in [0.4, 0.5) is 0 Å². The molecule has 0 saturated carbocycles. The summed E-state index contributed by atoms with van der Waals surface area (Å²) in [6, 6.07) is 9.98. The van der Waals surface area contributed by atoms with Crippen LogP contribution >= 0.6 is 0 Å². The molecule has 1 amide bonds. The van der Waals surface area contributed by atoms with E-state index in [1.54, 1.807) is 29.4 Å². The summed E-state index contributed by atoms with van der Waals surface area (Å²) in [7, 11) is 0. The van der Waals surface area contributed by atoms with Crippen LogP contribution in [-0.4, -0.2) is 77.6 Å². The molecule has 2 fully saturated rings. The number of rotatable bonds is 9. The van der Waals surface area contributed by atoms with Gasteiger partial charge in [-0.25, -0.2) is 0 Å². The van der Waals surface area contributed by atoms with Crippen molar-refractivity contribution in [3.05, 3.63) is 65.5 Å². The third-order valence-electron chi connectivity index (χ3n) is 6.20. The zero-order chi connectivity index (χ0) is 23.9. The molecule has 2 aliphatic heterocycles. The Bertz CT molecular complexity index is 1030. The maximum Gasteiger partial charge on any atom is 0.295 e. The molecule has 0 radical (unpaired) electrons. The Labute approximate surface area is 199 Å². The topological polar surface area (TPSA) is 92.2 Å². The zero-order valence-corrected chi connectivity index (χ0v) is 19.5. The lowest BCUT2D eigenvalue weighted by Gasteiger charge is -2.31. The molecule has 34 heavy (non-hydrogen) atoms. The number of morpholine rings is 1. The van der Waals surface area contributed by atoms with Crippen LogP contribution in [0.15, 0.2) is 54.4 Å². The third-order valence-corrected chi connectivity index (χ3v) is 6.20. The van der Waals surface area contributed by atoms with Crippen LogP contribution < -0.4 is 4.74 Å². The van der Waals surface area contributed by atoms with Crippen LogP contribution in [0.5, 0.6) is 5.75 Å². The quantitative estimate of drug-likeness (QED) is 0.263. The first-order valence-corrected chi connectivity index (χ1v) is 11.8. The third kappa shape index (κ3) is 5.29. The number of hydrogen-bond acceptors (Lipinski definition) is 7. The summed E-state index contributed by atoms with van der Waals surface area (Å²) in [5, 5.41) is 11.1. The van der Waals surface area contributed by atoms with Crippen LogP contribution in [0, 0.1) is 0 Å². The number of pyridine rings is 1. The number of carbonyl (C=O) groups excluding carboxylic acids is 2. The van der Waals surface area contributed by atoms with Crippen molar-refractivity contribution in [2.75, 3.05) is 46.0 Å². The molecule has 0 bridgehead atoms. The standard InChI is InChI=1S/C26H31N3O5/c1-2-3-15-34-21-6-4-5-20(18-21)23-22(24(30)19-7-9-27-10-8-19)25(31)26(32)29(23)12-11-28-13-16-33-17-14-28/h4-10,18,23,30H,2-3,11-17H2,1H3/b24-22+. The van der Waals surface area contributed by atoms with Gasteiger partial charge in [0, 0.05) is 44.1 Å². The lowest BCUT2D eigenvalue weighted by atomic mass is 9.95. The van der Waals surface area contributed by atoms with E-state index in [2.05, 4.69) is 16.8 Å². The van der Waals surface area contributed by atoms with Crippen molar-refractivity contribution < 1.29 is 24.2 Å². The average molecular weight is 466 g/mol. The van der Waals surface area contributed by atoms with Crippen LogP contribution in [0.25, 0.3) is 5.76 Å². The average Bonchev–Trinajstić information content (AvgIpc) is 3.13. The van der Waals surface area contributed by atoms with E-state index >= 15 is 0 Å². The Morgan fingerprint density at radius 2 is 1.91 bits per heavy atom. The Morgan fingerprint density at radius 3 is 2.65 bits per heavy atom. The fraction of sp³-hybridized carbons (Fsp3) is 0.423. The summed E-state index contributed by atoms with van der Waals surface area (Å²) < 4.78 is 11.3. The van der Waals surface area contributed by atoms with Gasteiger partial charge in [-0.05, 0) is 36.2 Å². The van der Waals surface area contributed by atoms with E-state index < -0.39 is 17.7 Å². The fourth-order valence-corrected chi connectivity index (χ4v) is 4.31. The Hall–Kier alpha value is -3.23. The SMILES string of the molecule is CCCCOc1cccc(C2/C(=C(\O)c3ccncc3)C(=O)C(=O)N2CCN2CCOCC2)c1. The number of ether oxygens (including phenoxy) is 2. The predicted molar refractivity (Wildman–Crippen MR) is 127 cm³/mol. The van der Waals surface area contributed by atoms with Crippen molar-refractivity contribution in [3.63, 3.8) is 0 Å². The van der Waals surface area contributed by atoms with Gasteiger partial charge >= 0.3 is 0 Å². The normalized spacial score (nSPS) is 20.6. The fourth-order valence-electron chi connectivity index (χ4n) is 4.31. The molecule has 3 heterocycles. The van der Waals surface area contributed by atoms with Crippen LogP contribution in [0.1, 0.15) is 36.9 Å². The minimum Gasteiger partial charge on any atom is -0.507 e. The van der Waals surface area contributed by atoms with Gasteiger partial charge in [0.1, 0.15) is 11.5 Å². The Kier molecular flexibility index (Phi) is 7.92. The van der Waals surface area contributed by atoms with Crippen molar-refractivity contribution in [1.82, 2.24) is 14.8 Å². The van der Waals surface area contributed by atoms with Gasteiger partial charge in [0.25, 0.3) is 11.7 Å². The second-order valence-corrected chi connectivity index (χ2v) is 8.46. The molecular weight excluding hydrogens is 434 g/mol. The summed E-state index contributed by atoms with van der Waals surface area (Å²) in [6.07, 6.45) is 5.04. The lowest BCUT2D eigenvalue weighted by Crippen LogP contribution is -2.42. The van der Waals surface area contributed by atoms with Gasteiger partial charge in [-0.15, -0.1) is 0 Å². The number of Topliss-reactive ketones (excluding diaryl/α,β-unsaturated/α-hetero) is 1. The van der Waals surface area contributed by atoms with E-state index in [-0.39, 0.29) is 11.3 Å². The van der Waals surface area contributed by atoms with E-state index in [1.165, 1.54) is 0 Å². The molecule has 2 aromatic rings. The minimum atomic E-state index is -0.705. The molecule has 1 atom stereocenters. The van der Waals surface area contributed by atoms with E-state index in [4.69, 9.17) is 9.47 Å². The molecule has 1 aromatic heterocycles. The highest BCUT2D eigenvalue weighted by Crippen LogP contribution is 2.40. The maximum absolute atomic E-state index is 13.2. The molecule has 4 rings (SSSR count). The van der Waals surface area contributed by atoms with Gasteiger partial charge in [0.15, 0.2) is 0 Å². The number of nitrogens with zero attached hydrogens (tertiary/aromatic N) is 3. The molecular formula is C26H31N3O5. The number of aromatic nitrogens is 1. The van der Waals surface area contributed by atoms with E-state index in [0.29, 0.717) is 44.2 Å². The molecule has 1 N–H and O–H groups in total. The number of carbonyl (C=O) groups is 2. The molecule has 0 aliphatic carbocycles. The Morgan fingerprint density at radius 1 is 1.15 bits per heavy atom. The maximum atomic E-state index is 13.2. The first-order valence-electron chi connectivity index (χ1n) is 11.8. The van der Waals surface area contributed by atoms with Crippen LogP contribution in [-0.2, 0) is 14.3 Å². The monoisotopic (exact) mass is 465 g/mol. The summed E-state index contributed by atoms with van der Waals surface area (Å²) in [4.78, 5) is 34.1. The first kappa shape index (κ1) is 23.9. The Balaban J connectivity index is 1.70. The number of amides is 1. The van der Waals surface area contributed by atoms with E-state index in [1.807, 2.05) is 24.3 Å². The van der Waals surface area contributed by atoms with Crippen LogP contribution in [0.2, 0.25) is 0 Å². The van der Waals surface area contributed by atoms with Gasteiger partial charge in [-0.1, -0.05) is 25.5 Å². The molecule has 1 unspecified atom stereocenters. The number of hydrogen-bond donors (Lipinski definition) is 1. The minimum absolute atomic E-state index is 0.0869. The summed E-state index contributed by atoms with van der Waals surface area (Å²) in [5.41, 5.74) is 1.26. The van der Waals surface area contributed by atoms with Crippen molar-refractivity contribution in [3.8, 4) is 5.75 Å². The largest absolute Gasteiger partial charge is 0.507 e. The highest BCUT2D eigenvalue weighted by Gasteiger charge is 2.46.